The van der Waals surface area contributed by atoms with Crippen molar-refractivity contribution in [3.8, 4) is 17.2 Å². The fraction of sp³-hybridized carbons (Fsp3) is 0.240. The van der Waals surface area contributed by atoms with Gasteiger partial charge >= 0.3 is 0 Å². The Labute approximate surface area is 214 Å². The number of ether oxygens (including phenoxy) is 2. The van der Waals surface area contributed by atoms with Crippen LogP contribution < -0.4 is 14.8 Å². The molecule has 0 unspecified atom stereocenters. The molecule has 0 amide bonds. The Kier molecular flexibility index (Phi) is 10.3. The van der Waals surface area contributed by atoms with Gasteiger partial charge in [-0.25, -0.2) is 4.39 Å². The molecule has 0 bridgehead atoms. The zero-order chi connectivity index (χ0) is 23.6. The minimum atomic E-state index is -0.260. The number of aromatic nitrogens is 4. The third-order valence-electron chi connectivity index (χ3n) is 5.04. The van der Waals surface area contributed by atoms with Crippen LogP contribution >= 0.6 is 24.2 Å². The number of nitrogens with one attached hydrogen (secondary N) is 1. The van der Waals surface area contributed by atoms with Crippen molar-refractivity contribution in [3.63, 3.8) is 0 Å². The molecule has 4 aromatic rings. The standard InChI is InChI=1S/C25H26FN5O2S.ClH/c1-32-24-16-20(10-13-23(24)33-18-19-8-11-21(26)12-9-19)17-27-14-5-15-34-25-28-29-30-31(25)22-6-3-2-4-7-22;/h2-4,6-13,16,27H,5,14-15,17-18H2,1H3;1H. The number of halogens is 2. The van der Waals surface area contributed by atoms with E-state index in [1.165, 1.54) is 12.1 Å². The van der Waals surface area contributed by atoms with Crippen molar-refractivity contribution in [3.05, 3.63) is 89.7 Å². The second-order valence-corrected chi connectivity index (χ2v) is 8.55. The molecule has 10 heteroatoms. The molecule has 0 spiro atoms. The van der Waals surface area contributed by atoms with Crippen molar-refractivity contribution < 1.29 is 13.9 Å². The highest BCUT2D eigenvalue weighted by Crippen LogP contribution is 2.29. The molecule has 0 radical (unpaired) electrons. The molecular formula is C25H27ClFN5O2S. The summed E-state index contributed by atoms with van der Waals surface area (Å²) in [7, 11) is 1.62. The molecule has 7 nitrogen and oxygen atoms in total. The van der Waals surface area contributed by atoms with Crippen LogP contribution in [0.5, 0.6) is 11.5 Å². The van der Waals surface area contributed by atoms with Gasteiger partial charge in [-0.05, 0) is 70.9 Å². The quantitative estimate of drug-likeness (QED) is 0.208. The van der Waals surface area contributed by atoms with Crippen LogP contribution in [-0.2, 0) is 13.2 Å². The molecule has 3 aromatic carbocycles. The van der Waals surface area contributed by atoms with Gasteiger partial charge in [-0.2, -0.15) is 4.68 Å². The lowest BCUT2D eigenvalue weighted by Gasteiger charge is -2.13. The number of tetrazole rings is 1. The van der Waals surface area contributed by atoms with Gasteiger partial charge in [-0.1, -0.05) is 48.2 Å². The number of benzene rings is 3. The summed E-state index contributed by atoms with van der Waals surface area (Å²) in [5, 5.41) is 16.2. The van der Waals surface area contributed by atoms with Gasteiger partial charge < -0.3 is 14.8 Å². The minimum Gasteiger partial charge on any atom is -0.493 e. The fourth-order valence-corrected chi connectivity index (χ4v) is 4.11. The summed E-state index contributed by atoms with van der Waals surface area (Å²) >= 11 is 1.64. The molecule has 0 saturated carbocycles. The Hall–Kier alpha value is -3.14. The second-order valence-electron chi connectivity index (χ2n) is 7.49. The highest BCUT2D eigenvalue weighted by molar-refractivity contribution is 7.99. The maximum atomic E-state index is 13.1. The van der Waals surface area contributed by atoms with E-state index in [4.69, 9.17) is 9.47 Å². The summed E-state index contributed by atoms with van der Waals surface area (Å²) in [6.07, 6.45) is 0.975. The van der Waals surface area contributed by atoms with Gasteiger partial charge in [-0.15, -0.1) is 17.5 Å². The summed E-state index contributed by atoms with van der Waals surface area (Å²) in [5.74, 6) is 1.97. The van der Waals surface area contributed by atoms with E-state index in [9.17, 15) is 4.39 Å². The summed E-state index contributed by atoms with van der Waals surface area (Å²) in [6.45, 7) is 1.94. The van der Waals surface area contributed by atoms with Gasteiger partial charge in [-0.3, -0.25) is 0 Å². The third kappa shape index (κ3) is 7.68. The summed E-state index contributed by atoms with van der Waals surface area (Å²) in [5.41, 5.74) is 2.95. The van der Waals surface area contributed by atoms with Gasteiger partial charge in [0, 0.05) is 12.3 Å². The molecule has 4 rings (SSSR count). The van der Waals surface area contributed by atoms with Gasteiger partial charge in [0.25, 0.3) is 0 Å². The van der Waals surface area contributed by atoms with Crippen molar-refractivity contribution in [1.82, 2.24) is 25.5 Å². The number of hydrogen-bond acceptors (Lipinski definition) is 7. The first-order valence-corrected chi connectivity index (χ1v) is 11.9. The molecule has 0 atom stereocenters. The number of para-hydroxylation sites is 1. The Morgan fingerprint density at radius 1 is 0.971 bits per heavy atom. The van der Waals surface area contributed by atoms with Crippen LogP contribution in [0, 0.1) is 5.82 Å². The first-order chi connectivity index (χ1) is 16.7. The molecular weight excluding hydrogens is 489 g/mol. The highest BCUT2D eigenvalue weighted by Gasteiger charge is 2.09. The normalized spacial score (nSPS) is 10.6. The molecule has 35 heavy (non-hydrogen) atoms. The highest BCUT2D eigenvalue weighted by atomic mass is 35.5. The van der Waals surface area contributed by atoms with E-state index in [1.54, 1.807) is 35.7 Å². The van der Waals surface area contributed by atoms with Gasteiger partial charge in [0.1, 0.15) is 12.4 Å². The van der Waals surface area contributed by atoms with Crippen LogP contribution in [0.1, 0.15) is 17.5 Å². The van der Waals surface area contributed by atoms with Crippen LogP contribution in [0.3, 0.4) is 0 Å². The Morgan fingerprint density at radius 2 is 1.74 bits per heavy atom. The number of hydrogen-bond donors (Lipinski definition) is 1. The Balaban J connectivity index is 0.00000342. The zero-order valence-electron chi connectivity index (χ0n) is 19.3. The topological polar surface area (TPSA) is 74.1 Å². The lowest BCUT2D eigenvalue weighted by atomic mass is 10.2. The van der Waals surface area contributed by atoms with Crippen LogP contribution in [0.2, 0.25) is 0 Å². The van der Waals surface area contributed by atoms with Crippen molar-refractivity contribution in [1.29, 1.82) is 0 Å². The molecule has 0 aliphatic rings. The van der Waals surface area contributed by atoms with E-state index >= 15 is 0 Å². The van der Waals surface area contributed by atoms with E-state index in [0.29, 0.717) is 18.1 Å². The number of methoxy groups -OCH3 is 1. The average molecular weight is 516 g/mol. The lowest BCUT2D eigenvalue weighted by Crippen LogP contribution is -2.15. The predicted octanol–water partition coefficient (Wildman–Crippen LogP) is 5.08. The van der Waals surface area contributed by atoms with Crippen molar-refractivity contribution >= 4 is 24.2 Å². The maximum absolute atomic E-state index is 13.1. The average Bonchev–Trinajstić information content (AvgIpc) is 3.35. The van der Waals surface area contributed by atoms with Crippen molar-refractivity contribution in [2.45, 2.75) is 24.7 Å². The van der Waals surface area contributed by atoms with E-state index < -0.39 is 0 Å². The van der Waals surface area contributed by atoms with E-state index in [1.807, 2.05) is 48.5 Å². The second kappa shape index (κ2) is 13.7. The Bertz CT molecular complexity index is 1180. The summed E-state index contributed by atoms with van der Waals surface area (Å²) in [6, 6.07) is 22.0. The Morgan fingerprint density at radius 3 is 2.51 bits per heavy atom. The van der Waals surface area contributed by atoms with Crippen LogP contribution in [0.4, 0.5) is 4.39 Å². The third-order valence-corrected chi connectivity index (χ3v) is 6.04. The molecule has 1 N–H and O–H groups in total. The monoisotopic (exact) mass is 515 g/mol. The molecule has 0 fully saturated rings. The smallest absolute Gasteiger partial charge is 0.214 e. The molecule has 0 aliphatic carbocycles. The zero-order valence-corrected chi connectivity index (χ0v) is 20.9. The van der Waals surface area contributed by atoms with Gasteiger partial charge in [0.2, 0.25) is 5.16 Å². The van der Waals surface area contributed by atoms with Gasteiger partial charge in [0.15, 0.2) is 11.5 Å². The van der Waals surface area contributed by atoms with Gasteiger partial charge in [0.05, 0.1) is 12.8 Å². The number of nitrogens with zero attached hydrogens (tertiary/aromatic N) is 4. The lowest BCUT2D eigenvalue weighted by molar-refractivity contribution is 0.284. The first-order valence-electron chi connectivity index (χ1n) is 10.9. The fourth-order valence-electron chi connectivity index (χ4n) is 3.28. The van der Waals surface area contributed by atoms with Crippen LogP contribution in [-0.4, -0.2) is 39.6 Å². The van der Waals surface area contributed by atoms with Crippen LogP contribution in [0.25, 0.3) is 5.69 Å². The largest absolute Gasteiger partial charge is 0.493 e. The molecule has 0 saturated heterocycles. The molecule has 1 aromatic heterocycles. The molecule has 1 heterocycles. The van der Waals surface area contributed by atoms with Crippen LogP contribution in [0.15, 0.2) is 78.0 Å². The summed E-state index contributed by atoms with van der Waals surface area (Å²) in [4.78, 5) is 0. The van der Waals surface area contributed by atoms with Crippen molar-refractivity contribution in [2.24, 2.45) is 0 Å². The van der Waals surface area contributed by atoms with Crippen molar-refractivity contribution in [2.75, 3.05) is 19.4 Å². The maximum Gasteiger partial charge on any atom is 0.214 e. The number of rotatable bonds is 12. The predicted molar refractivity (Wildman–Crippen MR) is 137 cm³/mol. The molecule has 184 valence electrons. The minimum absolute atomic E-state index is 0. The SMILES string of the molecule is COc1cc(CNCCCSc2nnnn2-c2ccccc2)ccc1OCc1ccc(F)cc1.Cl. The molecule has 0 aliphatic heterocycles. The van der Waals surface area contributed by atoms with E-state index in [2.05, 4.69) is 20.8 Å². The summed E-state index contributed by atoms with van der Waals surface area (Å²) < 4.78 is 26.2. The van der Waals surface area contributed by atoms with E-state index in [0.717, 1.165) is 47.2 Å². The van der Waals surface area contributed by atoms with E-state index in [-0.39, 0.29) is 18.2 Å². The number of thioether (sulfide) groups is 1. The first kappa shape index (κ1) is 26.5.